The second-order valence-corrected chi connectivity index (χ2v) is 5.77. The number of amides is 1. The highest BCUT2D eigenvalue weighted by atomic mass is 35.5. The first-order valence-corrected chi connectivity index (χ1v) is 7.73. The first-order valence-electron chi connectivity index (χ1n) is 7.35. The Morgan fingerprint density at radius 2 is 2.00 bits per heavy atom. The predicted molar refractivity (Wildman–Crippen MR) is 92.5 cm³/mol. The Labute approximate surface area is 142 Å². The maximum atomic E-state index is 12.3. The minimum atomic E-state index is -0.303. The molecule has 6 nitrogen and oxygen atoms in total. The van der Waals surface area contributed by atoms with Gasteiger partial charge in [0, 0.05) is 24.2 Å². The number of ether oxygens (including phenoxy) is 1. The van der Waals surface area contributed by atoms with Gasteiger partial charge < -0.3 is 20.0 Å². The molecule has 7 heteroatoms. The quantitative estimate of drug-likeness (QED) is 0.664. The van der Waals surface area contributed by atoms with Crippen LogP contribution in [0, 0.1) is 0 Å². The van der Waals surface area contributed by atoms with Crippen LogP contribution >= 0.6 is 11.6 Å². The summed E-state index contributed by atoms with van der Waals surface area (Å²) in [5.74, 6) is -0.247. The van der Waals surface area contributed by atoms with Crippen molar-refractivity contribution in [3.63, 3.8) is 0 Å². The summed E-state index contributed by atoms with van der Waals surface area (Å²) >= 11 is 5.99. The molecule has 3 rings (SSSR count). The van der Waals surface area contributed by atoms with E-state index in [2.05, 4.69) is 15.3 Å². The molecule has 0 saturated carbocycles. The van der Waals surface area contributed by atoms with Crippen molar-refractivity contribution in [2.45, 2.75) is 6.10 Å². The highest BCUT2D eigenvalue weighted by molar-refractivity contribution is 6.30. The smallest absolute Gasteiger partial charge is 0.323 e. The van der Waals surface area contributed by atoms with Gasteiger partial charge >= 0.3 is 5.69 Å². The molecule has 1 aromatic heterocycles. The lowest BCUT2D eigenvalue weighted by Crippen LogP contribution is -2.29. The topological polar surface area (TPSA) is 87.0 Å². The van der Waals surface area contributed by atoms with Crippen LogP contribution in [0.1, 0.15) is 22.0 Å². The molecule has 0 saturated heterocycles. The predicted octanol–water partition coefficient (Wildman–Crippen LogP) is 2.63. The average molecular weight is 346 g/mol. The molecule has 0 unspecified atom stereocenters. The number of nitrogens with one attached hydrogen (secondary N) is 3. The van der Waals surface area contributed by atoms with E-state index in [1.165, 1.54) is 0 Å². The van der Waals surface area contributed by atoms with Gasteiger partial charge in [-0.25, -0.2) is 4.79 Å². The van der Waals surface area contributed by atoms with Crippen molar-refractivity contribution in [3.8, 4) is 0 Å². The molecule has 3 N–H and O–H groups in total. The summed E-state index contributed by atoms with van der Waals surface area (Å²) in [6, 6.07) is 12.3. The lowest BCUT2D eigenvalue weighted by Gasteiger charge is -2.17. The van der Waals surface area contributed by atoms with E-state index in [1.807, 2.05) is 12.1 Å². The van der Waals surface area contributed by atoms with Crippen LogP contribution in [-0.4, -0.2) is 29.5 Å². The molecule has 1 atom stereocenters. The second-order valence-electron chi connectivity index (χ2n) is 5.33. The van der Waals surface area contributed by atoms with Crippen LogP contribution in [0.5, 0.6) is 0 Å². The first-order chi connectivity index (χ1) is 11.6. The monoisotopic (exact) mass is 345 g/mol. The molecule has 0 aliphatic rings. The van der Waals surface area contributed by atoms with Crippen molar-refractivity contribution < 1.29 is 9.53 Å². The SMILES string of the molecule is CO[C@H](CNC(=O)c1ccc2[nH]c(=O)[nH]c2c1)c1cccc(Cl)c1. The molecule has 1 amide bonds. The van der Waals surface area contributed by atoms with Gasteiger partial charge in [-0.2, -0.15) is 0 Å². The van der Waals surface area contributed by atoms with Crippen LogP contribution in [0.15, 0.2) is 47.3 Å². The standard InChI is InChI=1S/C17H16ClN3O3/c1-24-15(10-3-2-4-12(18)7-10)9-19-16(22)11-5-6-13-14(8-11)21-17(23)20-13/h2-8,15H,9H2,1H3,(H,19,22)(H2,20,21,23)/t15-/m1/s1. The summed E-state index contributed by atoms with van der Waals surface area (Å²) in [4.78, 5) is 28.9. The minimum Gasteiger partial charge on any atom is -0.375 e. The van der Waals surface area contributed by atoms with Gasteiger partial charge in [0.25, 0.3) is 5.91 Å². The normalized spacial score (nSPS) is 12.2. The molecule has 0 fully saturated rings. The lowest BCUT2D eigenvalue weighted by atomic mass is 10.1. The number of halogens is 1. The number of carbonyl (C=O) groups is 1. The molecular weight excluding hydrogens is 330 g/mol. The van der Waals surface area contributed by atoms with E-state index in [4.69, 9.17) is 16.3 Å². The Bertz CT molecular complexity index is 932. The van der Waals surface area contributed by atoms with Crippen LogP contribution in [0.4, 0.5) is 0 Å². The number of H-pyrrole nitrogens is 2. The molecule has 0 spiro atoms. The molecule has 124 valence electrons. The molecule has 0 bridgehead atoms. The molecule has 0 aliphatic heterocycles. The Hall–Kier alpha value is -2.57. The molecular formula is C17H16ClN3O3. The average Bonchev–Trinajstić information content (AvgIpc) is 2.94. The van der Waals surface area contributed by atoms with Crippen molar-refractivity contribution in [1.82, 2.24) is 15.3 Å². The van der Waals surface area contributed by atoms with Gasteiger partial charge in [0.15, 0.2) is 0 Å². The third-order valence-corrected chi connectivity index (χ3v) is 3.97. The van der Waals surface area contributed by atoms with Crippen LogP contribution in [0.25, 0.3) is 11.0 Å². The maximum Gasteiger partial charge on any atom is 0.323 e. The van der Waals surface area contributed by atoms with Gasteiger partial charge in [0.1, 0.15) is 0 Å². The number of benzene rings is 2. The van der Waals surface area contributed by atoms with Crippen molar-refractivity contribution in [1.29, 1.82) is 0 Å². The van der Waals surface area contributed by atoms with Crippen LogP contribution in [0.3, 0.4) is 0 Å². The van der Waals surface area contributed by atoms with Gasteiger partial charge in [-0.05, 0) is 35.9 Å². The Kier molecular flexibility index (Phi) is 4.69. The fourth-order valence-corrected chi connectivity index (χ4v) is 2.70. The van der Waals surface area contributed by atoms with Crippen LogP contribution in [0.2, 0.25) is 5.02 Å². The number of rotatable bonds is 5. The molecule has 1 heterocycles. The number of aromatic nitrogens is 2. The van der Waals surface area contributed by atoms with Crippen molar-refractivity contribution in [2.24, 2.45) is 0 Å². The first kappa shape index (κ1) is 16.3. The number of carbonyl (C=O) groups excluding carboxylic acids is 1. The van der Waals surface area contributed by atoms with Crippen LogP contribution < -0.4 is 11.0 Å². The van der Waals surface area contributed by atoms with Crippen molar-refractivity contribution in [3.05, 3.63) is 69.1 Å². The highest BCUT2D eigenvalue weighted by Crippen LogP contribution is 2.20. The van der Waals surface area contributed by atoms with Crippen molar-refractivity contribution >= 4 is 28.5 Å². The molecule has 0 aliphatic carbocycles. The Morgan fingerprint density at radius 3 is 2.75 bits per heavy atom. The van der Waals surface area contributed by atoms with E-state index in [0.717, 1.165) is 5.56 Å². The number of methoxy groups -OCH3 is 1. The number of hydrogen-bond donors (Lipinski definition) is 3. The third-order valence-electron chi connectivity index (χ3n) is 3.73. The Balaban J connectivity index is 1.72. The van der Waals surface area contributed by atoms with Gasteiger partial charge in [-0.1, -0.05) is 23.7 Å². The third kappa shape index (κ3) is 3.50. The van der Waals surface area contributed by atoms with Gasteiger partial charge in [0.05, 0.1) is 17.1 Å². The van der Waals surface area contributed by atoms with E-state index >= 15 is 0 Å². The van der Waals surface area contributed by atoms with Crippen LogP contribution in [-0.2, 0) is 4.74 Å². The van der Waals surface area contributed by atoms with Gasteiger partial charge in [-0.3, -0.25) is 4.79 Å². The number of fused-ring (bicyclic) bond motifs is 1. The van der Waals surface area contributed by atoms with Gasteiger partial charge in [-0.15, -0.1) is 0 Å². The number of imidazole rings is 1. The summed E-state index contributed by atoms with van der Waals surface area (Å²) in [6.07, 6.45) is -0.302. The summed E-state index contributed by atoms with van der Waals surface area (Å²) in [5.41, 5.74) is 2.29. The van der Waals surface area contributed by atoms with Crippen molar-refractivity contribution in [2.75, 3.05) is 13.7 Å². The number of hydrogen-bond acceptors (Lipinski definition) is 3. The minimum absolute atomic E-state index is 0.247. The summed E-state index contributed by atoms with van der Waals surface area (Å²) in [7, 11) is 1.58. The zero-order chi connectivity index (χ0) is 17.1. The van der Waals surface area contributed by atoms with E-state index < -0.39 is 0 Å². The lowest BCUT2D eigenvalue weighted by molar-refractivity contribution is 0.0828. The second kappa shape index (κ2) is 6.90. The highest BCUT2D eigenvalue weighted by Gasteiger charge is 2.14. The molecule has 24 heavy (non-hydrogen) atoms. The maximum absolute atomic E-state index is 12.3. The molecule has 0 radical (unpaired) electrons. The molecule has 3 aromatic rings. The van der Waals surface area contributed by atoms with E-state index in [-0.39, 0.29) is 17.7 Å². The van der Waals surface area contributed by atoms with E-state index in [0.29, 0.717) is 28.2 Å². The summed E-state index contributed by atoms with van der Waals surface area (Å²) in [5, 5.41) is 3.44. The molecule has 2 aromatic carbocycles. The van der Waals surface area contributed by atoms with Gasteiger partial charge in [0.2, 0.25) is 0 Å². The largest absolute Gasteiger partial charge is 0.375 e. The Morgan fingerprint density at radius 1 is 1.21 bits per heavy atom. The summed E-state index contributed by atoms with van der Waals surface area (Å²) in [6.45, 7) is 0.303. The zero-order valence-electron chi connectivity index (χ0n) is 12.9. The zero-order valence-corrected chi connectivity index (χ0v) is 13.7. The van der Waals surface area contributed by atoms with E-state index in [1.54, 1.807) is 37.4 Å². The van der Waals surface area contributed by atoms with E-state index in [9.17, 15) is 9.59 Å². The fourth-order valence-electron chi connectivity index (χ4n) is 2.51. The fraction of sp³-hybridized carbons (Fsp3) is 0.176. The number of aromatic amines is 2. The summed E-state index contributed by atoms with van der Waals surface area (Å²) < 4.78 is 5.43.